The minimum atomic E-state index is -0.111. The lowest BCUT2D eigenvalue weighted by molar-refractivity contribution is -0.118. The molecule has 1 aliphatic carbocycles. The molecule has 1 aromatic heterocycles. The predicted molar refractivity (Wildman–Crippen MR) is 114 cm³/mol. The fourth-order valence-corrected chi connectivity index (χ4v) is 4.38. The Morgan fingerprint density at radius 1 is 1.00 bits per heavy atom. The first-order valence-corrected chi connectivity index (χ1v) is 10.0. The van der Waals surface area contributed by atoms with E-state index < -0.39 is 0 Å². The first-order valence-electron chi connectivity index (χ1n) is 10.0. The van der Waals surface area contributed by atoms with Crippen LogP contribution in [0.3, 0.4) is 0 Å². The Balaban J connectivity index is 1.60. The summed E-state index contributed by atoms with van der Waals surface area (Å²) in [6.45, 7) is 4.15. The van der Waals surface area contributed by atoms with E-state index in [1.807, 2.05) is 30.3 Å². The number of ketones is 1. The van der Waals surface area contributed by atoms with Crippen LogP contribution in [0.15, 0.2) is 63.2 Å². The van der Waals surface area contributed by atoms with Crippen LogP contribution in [0, 0.1) is 5.41 Å². The Hall–Kier alpha value is -3.34. The SMILES string of the molecule is COc1ccc(-c2coc3c4c(ccc3c2=O)OC2=C(C4)C(=O)CC(C)(C)C2)cc1. The first kappa shape index (κ1) is 18.7. The van der Waals surface area contributed by atoms with Gasteiger partial charge < -0.3 is 13.9 Å². The van der Waals surface area contributed by atoms with Crippen LogP contribution < -0.4 is 14.9 Å². The number of rotatable bonds is 2. The number of carbonyl (C=O) groups excluding carboxylic acids is 1. The predicted octanol–water partition coefficient (Wildman–Crippen LogP) is 5.05. The zero-order valence-electron chi connectivity index (χ0n) is 17.2. The third kappa shape index (κ3) is 2.93. The van der Waals surface area contributed by atoms with Crippen molar-refractivity contribution < 1.29 is 18.7 Å². The van der Waals surface area contributed by atoms with Crippen molar-refractivity contribution in [3.63, 3.8) is 0 Å². The lowest BCUT2D eigenvalue weighted by atomic mass is 9.74. The number of hydrogen-bond donors (Lipinski definition) is 0. The van der Waals surface area contributed by atoms with Crippen LogP contribution in [0.2, 0.25) is 0 Å². The van der Waals surface area contributed by atoms with Crippen molar-refractivity contribution >= 4 is 16.8 Å². The van der Waals surface area contributed by atoms with Gasteiger partial charge in [-0.05, 0) is 35.2 Å². The molecule has 0 amide bonds. The smallest absolute Gasteiger partial charge is 0.200 e. The van der Waals surface area contributed by atoms with Gasteiger partial charge in [0.1, 0.15) is 29.1 Å². The molecular weight excluding hydrogens is 380 g/mol. The standard InChI is InChI=1S/C25H22O5/c1-25(2)11-20(26)17-10-18-21(30-22(17)12-25)9-8-16-23(27)19(13-29-24(16)18)14-4-6-15(28-3)7-5-14/h4-9,13H,10-12H2,1-3H3. The summed E-state index contributed by atoms with van der Waals surface area (Å²) in [5, 5.41) is 0.485. The second-order valence-corrected chi connectivity index (χ2v) is 8.75. The van der Waals surface area contributed by atoms with Gasteiger partial charge in [0.2, 0.25) is 5.43 Å². The molecular formula is C25H22O5. The fourth-order valence-electron chi connectivity index (χ4n) is 4.38. The molecule has 0 bridgehead atoms. The number of fused-ring (bicyclic) bond motifs is 3. The number of ether oxygens (including phenoxy) is 2. The summed E-state index contributed by atoms with van der Waals surface area (Å²) in [6, 6.07) is 10.8. The summed E-state index contributed by atoms with van der Waals surface area (Å²) < 4.78 is 17.2. The Kier molecular flexibility index (Phi) is 4.10. The van der Waals surface area contributed by atoms with Crippen molar-refractivity contribution in [2.45, 2.75) is 33.1 Å². The molecule has 0 radical (unpaired) electrons. The Morgan fingerprint density at radius 3 is 2.50 bits per heavy atom. The second-order valence-electron chi connectivity index (χ2n) is 8.75. The van der Waals surface area contributed by atoms with Crippen molar-refractivity contribution in [1.29, 1.82) is 0 Å². The maximum Gasteiger partial charge on any atom is 0.200 e. The van der Waals surface area contributed by atoms with Gasteiger partial charge in [0.15, 0.2) is 5.78 Å². The van der Waals surface area contributed by atoms with E-state index in [0.29, 0.717) is 40.7 Å². The van der Waals surface area contributed by atoms with Crippen LogP contribution in [0.1, 0.15) is 32.3 Å². The van der Waals surface area contributed by atoms with E-state index in [2.05, 4.69) is 13.8 Å². The third-order valence-corrected chi connectivity index (χ3v) is 5.94. The van der Waals surface area contributed by atoms with E-state index in [-0.39, 0.29) is 16.6 Å². The van der Waals surface area contributed by atoms with Crippen LogP contribution in [-0.2, 0) is 11.2 Å². The van der Waals surface area contributed by atoms with Gasteiger partial charge in [-0.25, -0.2) is 0 Å². The molecule has 5 nitrogen and oxygen atoms in total. The lowest BCUT2D eigenvalue weighted by Gasteiger charge is -2.34. The highest BCUT2D eigenvalue weighted by molar-refractivity contribution is 5.99. The highest BCUT2D eigenvalue weighted by atomic mass is 16.5. The molecule has 0 unspecified atom stereocenters. The molecule has 5 rings (SSSR count). The molecule has 2 heterocycles. The topological polar surface area (TPSA) is 65.7 Å². The Bertz CT molecular complexity index is 1280. The van der Waals surface area contributed by atoms with E-state index >= 15 is 0 Å². The van der Waals surface area contributed by atoms with Crippen LogP contribution >= 0.6 is 0 Å². The number of benzene rings is 2. The quantitative estimate of drug-likeness (QED) is 0.600. The number of Topliss-reactive ketones (excluding diaryl/α,β-unsaturated/α-hetero) is 1. The molecule has 0 atom stereocenters. The van der Waals surface area contributed by atoms with Gasteiger partial charge >= 0.3 is 0 Å². The van der Waals surface area contributed by atoms with Crippen LogP contribution in [0.4, 0.5) is 0 Å². The molecule has 0 saturated carbocycles. The number of carbonyl (C=O) groups is 1. The van der Waals surface area contributed by atoms with Crippen LogP contribution in [0.25, 0.3) is 22.1 Å². The average Bonchev–Trinajstić information content (AvgIpc) is 2.72. The molecule has 5 heteroatoms. The number of methoxy groups -OCH3 is 1. The maximum absolute atomic E-state index is 13.2. The van der Waals surface area contributed by atoms with Gasteiger partial charge in [-0.3, -0.25) is 9.59 Å². The van der Waals surface area contributed by atoms with Crippen molar-refractivity contribution in [2.75, 3.05) is 7.11 Å². The molecule has 1 aliphatic heterocycles. The summed E-state index contributed by atoms with van der Waals surface area (Å²) >= 11 is 0. The Labute approximate surface area is 173 Å². The molecule has 152 valence electrons. The molecule has 0 fully saturated rings. The van der Waals surface area contributed by atoms with Crippen LogP contribution in [-0.4, -0.2) is 12.9 Å². The zero-order valence-corrected chi connectivity index (χ0v) is 17.2. The molecule has 0 spiro atoms. The molecule has 0 N–H and O–H groups in total. The Morgan fingerprint density at radius 2 is 1.77 bits per heavy atom. The van der Waals surface area contributed by atoms with Gasteiger partial charge in [-0.2, -0.15) is 0 Å². The highest BCUT2D eigenvalue weighted by Crippen LogP contribution is 2.44. The van der Waals surface area contributed by atoms with Gasteiger partial charge in [-0.1, -0.05) is 26.0 Å². The summed E-state index contributed by atoms with van der Waals surface area (Å²) in [7, 11) is 1.60. The van der Waals surface area contributed by atoms with Crippen molar-refractivity contribution in [3.8, 4) is 22.6 Å². The monoisotopic (exact) mass is 402 g/mol. The van der Waals surface area contributed by atoms with E-state index in [1.165, 1.54) is 6.26 Å². The van der Waals surface area contributed by atoms with E-state index in [0.717, 1.165) is 29.1 Å². The number of allylic oxidation sites excluding steroid dienone is 2. The van der Waals surface area contributed by atoms with Crippen molar-refractivity contribution in [2.24, 2.45) is 5.41 Å². The van der Waals surface area contributed by atoms with Crippen molar-refractivity contribution in [3.05, 3.63) is 69.8 Å². The molecule has 0 saturated heterocycles. The lowest BCUT2D eigenvalue weighted by Crippen LogP contribution is -2.30. The highest BCUT2D eigenvalue weighted by Gasteiger charge is 2.37. The van der Waals surface area contributed by atoms with Crippen molar-refractivity contribution in [1.82, 2.24) is 0 Å². The second kappa shape index (κ2) is 6.59. The van der Waals surface area contributed by atoms with Crippen LogP contribution in [0.5, 0.6) is 11.5 Å². The third-order valence-electron chi connectivity index (χ3n) is 5.94. The van der Waals surface area contributed by atoms with Gasteiger partial charge in [0.05, 0.1) is 18.1 Å². The van der Waals surface area contributed by atoms with E-state index in [4.69, 9.17) is 13.9 Å². The largest absolute Gasteiger partial charge is 0.497 e. The molecule has 2 aliphatic rings. The summed E-state index contributed by atoms with van der Waals surface area (Å²) in [5.41, 5.74) is 2.98. The summed E-state index contributed by atoms with van der Waals surface area (Å²) in [5.74, 6) is 2.24. The van der Waals surface area contributed by atoms with Gasteiger partial charge in [-0.15, -0.1) is 0 Å². The van der Waals surface area contributed by atoms with Gasteiger partial charge in [0.25, 0.3) is 0 Å². The summed E-state index contributed by atoms with van der Waals surface area (Å²) in [4.78, 5) is 25.9. The maximum atomic E-state index is 13.2. The average molecular weight is 402 g/mol. The van der Waals surface area contributed by atoms with E-state index in [1.54, 1.807) is 13.2 Å². The molecule has 3 aromatic rings. The summed E-state index contributed by atoms with van der Waals surface area (Å²) in [6.07, 6.45) is 3.15. The number of hydrogen-bond acceptors (Lipinski definition) is 5. The zero-order chi connectivity index (χ0) is 21.0. The minimum absolute atomic E-state index is 0.107. The normalized spacial score (nSPS) is 17.4. The fraction of sp³-hybridized carbons (Fsp3) is 0.280. The minimum Gasteiger partial charge on any atom is -0.497 e. The van der Waals surface area contributed by atoms with E-state index in [9.17, 15) is 9.59 Å². The first-order chi connectivity index (χ1) is 14.4. The molecule has 30 heavy (non-hydrogen) atoms. The molecule has 2 aromatic carbocycles. The van der Waals surface area contributed by atoms with Gasteiger partial charge in [0, 0.05) is 30.4 Å².